The first-order valence-corrected chi connectivity index (χ1v) is 13.9. The predicted molar refractivity (Wildman–Crippen MR) is 138 cm³/mol. The summed E-state index contributed by atoms with van der Waals surface area (Å²) in [6.07, 6.45) is 10.5. The maximum absolute atomic E-state index is 13.4. The number of alkyl halides is 2. The zero-order chi connectivity index (χ0) is 25.8. The molecule has 0 aliphatic heterocycles. The van der Waals surface area contributed by atoms with Crippen molar-refractivity contribution in [2.24, 2.45) is 23.2 Å². The third kappa shape index (κ3) is 6.45. The number of halogens is 2. The Morgan fingerprint density at radius 2 is 1.94 bits per heavy atom. The predicted octanol–water partition coefficient (Wildman–Crippen LogP) is 7.38. The third-order valence-corrected chi connectivity index (χ3v) is 9.73. The molecule has 6 atom stereocenters. The number of ether oxygens (including phenoxy) is 1. The van der Waals surface area contributed by atoms with E-state index in [9.17, 15) is 19.0 Å². The molecule has 0 spiro atoms. The molecule has 3 saturated carbocycles. The zero-order valence-corrected chi connectivity index (χ0v) is 22.4. The summed E-state index contributed by atoms with van der Waals surface area (Å²) in [7, 11) is 0. The highest BCUT2D eigenvalue weighted by molar-refractivity contribution is 5.38. The van der Waals surface area contributed by atoms with Gasteiger partial charge in [0.05, 0.1) is 17.8 Å². The molecule has 0 aromatic rings. The summed E-state index contributed by atoms with van der Waals surface area (Å²) in [5.74, 6) is 0.0383. The lowest BCUT2D eigenvalue weighted by atomic mass is 9.62. The molecule has 200 valence electrons. The first kappa shape index (κ1) is 28.5. The van der Waals surface area contributed by atoms with Crippen molar-refractivity contribution in [3.05, 3.63) is 35.5 Å². The summed E-state index contributed by atoms with van der Waals surface area (Å²) in [6.45, 7) is 13.3. The Morgan fingerprint density at radius 3 is 2.60 bits per heavy atom. The topological polar surface area (TPSA) is 49.7 Å². The Hall–Kier alpha value is -1.04. The monoisotopic (exact) mass is 494 g/mol. The van der Waals surface area contributed by atoms with Gasteiger partial charge >= 0.3 is 0 Å². The van der Waals surface area contributed by atoms with Crippen LogP contribution >= 0.6 is 0 Å². The van der Waals surface area contributed by atoms with Crippen molar-refractivity contribution in [1.82, 2.24) is 0 Å². The van der Waals surface area contributed by atoms with Crippen LogP contribution in [-0.4, -0.2) is 41.1 Å². The lowest BCUT2D eigenvalue weighted by Gasteiger charge is -2.44. The summed E-state index contributed by atoms with van der Waals surface area (Å²) in [6, 6.07) is 0. The SMILES string of the molecule is C=C1/C(=C\C=C2/CCC[C@]3(C)[C@@H]([C@@H](C)OCCCC(O)(CC)CC)CC[C@@H]23)C[C@@H](O)C[C@@H]1C(F)F. The van der Waals surface area contributed by atoms with Crippen molar-refractivity contribution in [2.75, 3.05) is 6.61 Å². The van der Waals surface area contributed by atoms with E-state index in [1.807, 2.05) is 19.9 Å². The van der Waals surface area contributed by atoms with E-state index < -0.39 is 24.0 Å². The van der Waals surface area contributed by atoms with E-state index in [-0.39, 0.29) is 17.9 Å². The molecule has 0 heterocycles. The average Bonchev–Trinajstić information content (AvgIpc) is 3.19. The number of fused-ring (bicyclic) bond motifs is 1. The van der Waals surface area contributed by atoms with Crippen molar-refractivity contribution in [1.29, 1.82) is 0 Å². The van der Waals surface area contributed by atoms with E-state index in [1.54, 1.807) is 0 Å². The molecule has 5 heteroatoms. The average molecular weight is 495 g/mol. The second-order valence-corrected chi connectivity index (χ2v) is 11.7. The summed E-state index contributed by atoms with van der Waals surface area (Å²) < 4.78 is 33.2. The molecule has 0 bridgehead atoms. The smallest absolute Gasteiger partial charge is 0.245 e. The van der Waals surface area contributed by atoms with Crippen LogP contribution in [0.1, 0.15) is 98.3 Å². The number of hydrogen-bond donors (Lipinski definition) is 2. The van der Waals surface area contributed by atoms with Gasteiger partial charge < -0.3 is 14.9 Å². The highest BCUT2D eigenvalue weighted by Gasteiger charge is 2.51. The van der Waals surface area contributed by atoms with E-state index >= 15 is 0 Å². The van der Waals surface area contributed by atoms with Crippen molar-refractivity contribution in [2.45, 2.75) is 123 Å². The van der Waals surface area contributed by atoms with Crippen molar-refractivity contribution in [3.8, 4) is 0 Å². The van der Waals surface area contributed by atoms with Crippen LogP contribution < -0.4 is 0 Å². The van der Waals surface area contributed by atoms with Crippen molar-refractivity contribution in [3.63, 3.8) is 0 Å². The second-order valence-electron chi connectivity index (χ2n) is 11.7. The van der Waals surface area contributed by atoms with Gasteiger partial charge in [0, 0.05) is 12.5 Å². The minimum absolute atomic E-state index is 0.0981. The minimum Gasteiger partial charge on any atom is -0.393 e. The van der Waals surface area contributed by atoms with Gasteiger partial charge in [0.15, 0.2) is 0 Å². The Morgan fingerprint density at radius 1 is 1.23 bits per heavy atom. The number of rotatable bonds is 10. The van der Waals surface area contributed by atoms with Gasteiger partial charge in [-0.05, 0) is 106 Å². The second kappa shape index (κ2) is 12.0. The van der Waals surface area contributed by atoms with Crippen LogP contribution in [0.5, 0.6) is 0 Å². The van der Waals surface area contributed by atoms with E-state index in [0.29, 0.717) is 30.4 Å². The molecular weight excluding hydrogens is 446 g/mol. The van der Waals surface area contributed by atoms with Gasteiger partial charge in [0.1, 0.15) is 0 Å². The molecule has 0 aromatic heterocycles. The summed E-state index contributed by atoms with van der Waals surface area (Å²) in [5, 5.41) is 20.7. The number of aliphatic hydroxyl groups is 2. The highest BCUT2D eigenvalue weighted by Crippen LogP contribution is 2.58. The number of aliphatic hydroxyl groups excluding tert-OH is 1. The normalized spacial score (nSPS) is 35.2. The van der Waals surface area contributed by atoms with Gasteiger partial charge in [0.25, 0.3) is 0 Å². The van der Waals surface area contributed by atoms with Gasteiger partial charge in [-0.3, -0.25) is 0 Å². The molecule has 3 nitrogen and oxygen atoms in total. The quantitative estimate of drug-likeness (QED) is 0.311. The molecule has 3 fully saturated rings. The summed E-state index contributed by atoms with van der Waals surface area (Å²) in [5.41, 5.74) is 2.30. The van der Waals surface area contributed by atoms with Crippen molar-refractivity contribution >= 4 is 0 Å². The van der Waals surface area contributed by atoms with Crippen LogP contribution in [-0.2, 0) is 4.74 Å². The maximum atomic E-state index is 13.4. The van der Waals surface area contributed by atoms with Crippen LogP contribution in [0.3, 0.4) is 0 Å². The molecule has 3 rings (SSSR count). The number of hydrogen-bond acceptors (Lipinski definition) is 3. The molecule has 35 heavy (non-hydrogen) atoms. The van der Waals surface area contributed by atoms with E-state index in [1.165, 1.54) is 12.0 Å². The largest absolute Gasteiger partial charge is 0.393 e. The fourth-order valence-electron chi connectivity index (χ4n) is 7.22. The van der Waals surface area contributed by atoms with E-state index in [4.69, 9.17) is 4.74 Å². The molecule has 2 N–H and O–H groups in total. The number of allylic oxidation sites excluding steroid dienone is 4. The Balaban J connectivity index is 1.65. The minimum atomic E-state index is -2.48. The molecule has 3 aliphatic carbocycles. The van der Waals surface area contributed by atoms with Crippen LogP contribution in [0.2, 0.25) is 0 Å². The molecule has 0 unspecified atom stereocenters. The van der Waals surface area contributed by atoms with Crippen molar-refractivity contribution < 1.29 is 23.7 Å². The van der Waals surface area contributed by atoms with Gasteiger partial charge in [-0.15, -0.1) is 0 Å². The lowest BCUT2D eigenvalue weighted by Crippen LogP contribution is -2.39. The Kier molecular flexibility index (Phi) is 9.78. The van der Waals surface area contributed by atoms with Crippen LogP contribution in [0, 0.1) is 23.2 Å². The molecule has 0 amide bonds. The van der Waals surface area contributed by atoms with Gasteiger partial charge in [-0.1, -0.05) is 45.1 Å². The fraction of sp³-hybridized carbons (Fsp3) is 0.800. The third-order valence-electron chi connectivity index (χ3n) is 9.73. The first-order valence-electron chi connectivity index (χ1n) is 13.9. The first-order chi connectivity index (χ1) is 16.5. The van der Waals surface area contributed by atoms with Gasteiger partial charge in [0.2, 0.25) is 6.43 Å². The van der Waals surface area contributed by atoms with Crippen LogP contribution in [0.4, 0.5) is 8.78 Å². The van der Waals surface area contributed by atoms with Gasteiger partial charge in [-0.2, -0.15) is 0 Å². The Bertz CT molecular complexity index is 784. The standard InChI is InChI=1S/C30H48F2O3/c1-6-30(34,7-2)16-9-17-35-21(4)26-13-14-27-22(10-8-15-29(26,27)5)11-12-23-18-24(33)19-25(20(23)3)28(31)32/h11-12,21,24-28,33-34H,3,6-10,13-19H2,1-2,4-5H3/b22-11+,23-12-/t21-,24-,25+,26-,27+,29-/m1/s1. The molecule has 0 saturated heterocycles. The highest BCUT2D eigenvalue weighted by atomic mass is 19.3. The van der Waals surface area contributed by atoms with Crippen LogP contribution in [0.15, 0.2) is 35.5 Å². The van der Waals surface area contributed by atoms with E-state index in [0.717, 1.165) is 56.9 Å². The summed E-state index contributed by atoms with van der Waals surface area (Å²) in [4.78, 5) is 0. The lowest BCUT2D eigenvalue weighted by molar-refractivity contribution is -0.0365. The zero-order valence-electron chi connectivity index (χ0n) is 22.4. The maximum Gasteiger partial charge on any atom is 0.245 e. The molecule has 0 aromatic carbocycles. The van der Waals surface area contributed by atoms with Crippen LogP contribution in [0.25, 0.3) is 0 Å². The fourth-order valence-corrected chi connectivity index (χ4v) is 7.22. The Labute approximate surface area is 211 Å². The molecular formula is C30H48F2O3. The van der Waals surface area contributed by atoms with Gasteiger partial charge in [-0.25, -0.2) is 8.78 Å². The molecule has 3 aliphatic rings. The summed E-state index contributed by atoms with van der Waals surface area (Å²) >= 11 is 0. The molecule has 0 radical (unpaired) electrons. The van der Waals surface area contributed by atoms with E-state index in [2.05, 4.69) is 26.5 Å².